The van der Waals surface area contributed by atoms with Crippen LogP contribution >= 0.6 is 15.9 Å². The Morgan fingerprint density at radius 1 is 1.11 bits per heavy atom. The number of halogens is 1. The zero-order valence-corrected chi connectivity index (χ0v) is 11.3. The van der Waals surface area contributed by atoms with Gasteiger partial charge in [-0.2, -0.15) is 4.99 Å². The molecule has 0 saturated carbocycles. The van der Waals surface area contributed by atoms with Gasteiger partial charge in [-0.1, -0.05) is 28.1 Å². The smallest absolute Gasteiger partial charge is 0.223 e. The largest absolute Gasteiger partial charge is 0.369 e. The molecule has 0 unspecified atom stereocenters. The van der Waals surface area contributed by atoms with E-state index in [1.807, 2.05) is 41.3 Å². The fourth-order valence-corrected chi connectivity index (χ4v) is 1.79. The first-order valence-electron chi connectivity index (χ1n) is 5.49. The van der Waals surface area contributed by atoms with Gasteiger partial charge in [0.05, 0.1) is 5.69 Å². The van der Waals surface area contributed by atoms with Crippen LogP contribution < -0.4 is 11.5 Å². The highest BCUT2D eigenvalue weighted by molar-refractivity contribution is 9.10. The fourth-order valence-electron chi connectivity index (χ4n) is 1.53. The topological polar surface area (TPSA) is 80.0 Å². The third kappa shape index (κ3) is 3.33. The van der Waals surface area contributed by atoms with E-state index < -0.39 is 0 Å². The van der Waals surface area contributed by atoms with E-state index >= 15 is 0 Å². The minimum absolute atomic E-state index is 0.154. The van der Waals surface area contributed by atoms with E-state index in [9.17, 15) is 0 Å². The zero-order valence-electron chi connectivity index (χ0n) is 9.75. The van der Waals surface area contributed by atoms with Crippen molar-refractivity contribution in [1.82, 2.24) is 4.90 Å². The first-order chi connectivity index (χ1) is 8.65. The summed E-state index contributed by atoms with van der Waals surface area (Å²) in [7, 11) is 0. The van der Waals surface area contributed by atoms with Crippen LogP contribution in [0.5, 0.6) is 0 Å². The summed E-state index contributed by atoms with van der Waals surface area (Å²) in [5, 5.41) is 0. The number of guanidine groups is 2. The molecule has 0 atom stereocenters. The summed E-state index contributed by atoms with van der Waals surface area (Å²) in [6.07, 6.45) is 4.06. The van der Waals surface area contributed by atoms with E-state index in [1.165, 1.54) is 0 Å². The van der Waals surface area contributed by atoms with Crippen molar-refractivity contribution in [2.45, 2.75) is 0 Å². The lowest BCUT2D eigenvalue weighted by atomic mass is 10.3. The number of nitrogens with two attached hydrogens (primary N) is 2. The van der Waals surface area contributed by atoms with Crippen LogP contribution in [0, 0.1) is 0 Å². The van der Waals surface area contributed by atoms with Crippen molar-refractivity contribution in [3.05, 3.63) is 40.9 Å². The molecule has 94 valence electrons. The lowest BCUT2D eigenvalue weighted by molar-refractivity contribution is 0.534. The van der Waals surface area contributed by atoms with Gasteiger partial charge < -0.3 is 16.4 Å². The van der Waals surface area contributed by atoms with E-state index in [0.29, 0.717) is 5.96 Å². The van der Waals surface area contributed by atoms with Crippen molar-refractivity contribution in [2.75, 3.05) is 13.1 Å². The Morgan fingerprint density at radius 3 is 2.33 bits per heavy atom. The molecule has 2 rings (SSSR count). The zero-order chi connectivity index (χ0) is 13.0. The number of nitrogens with zero attached hydrogens (tertiary/aromatic N) is 3. The van der Waals surface area contributed by atoms with Crippen LogP contribution in [-0.2, 0) is 0 Å². The van der Waals surface area contributed by atoms with Crippen molar-refractivity contribution < 1.29 is 0 Å². The molecule has 1 aliphatic rings. The van der Waals surface area contributed by atoms with Gasteiger partial charge in [-0.3, -0.25) is 0 Å². The van der Waals surface area contributed by atoms with Crippen LogP contribution in [0.15, 0.2) is 50.9 Å². The van der Waals surface area contributed by atoms with Gasteiger partial charge in [0.2, 0.25) is 5.96 Å². The minimum atomic E-state index is 0.154. The van der Waals surface area contributed by atoms with E-state index in [2.05, 4.69) is 25.9 Å². The van der Waals surface area contributed by atoms with Gasteiger partial charge in [-0.05, 0) is 24.3 Å². The number of hydrogen-bond acceptors (Lipinski definition) is 1. The lowest BCUT2D eigenvalue weighted by Gasteiger charge is -2.15. The van der Waals surface area contributed by atoms with Gasteiger partial charge in [0.1, 0.15) is 0 Å². The second kappa shape index (κ2) is 5.68. The molecule has 0 aliphatic carbocycles. The monoisotopic (exact) mass is 307 g/mol. The van der Waals surface area contributed by atoms with Crippen LogP contribution in [0.3, 0.4) is 0 Å². The van der Waals surface area contributed by atoms with Crippen LogP contribution in [-0.4, -0.2) is 29.9 Å². The van der Waals surface area contributed by atoms with E-state index in [-0.39, 0.29) is 5.96 Å². The standard InChI is InChI=1S/C12H14BrN5/c13-9-3-5-10(6-4-9)16-11(14)17-12(15)18-7-1-2-8-18/h1-6H,7-8H2,(H4,14,15,16,17). The Bertz CT molecular complexity index is 496. The second-order valence-corrected chi connectivity index (χ2v) is 4.71. The molecule has 6 heteroatoms. The van der Waals surface area contributed by atoms with Crippen LogP contribution in [0.2, 0.25) is 0 Å². The Balaban J connectivity index is 2.08. The molecule has 1 aliphatic heterocycles. The Hall–Kier alpha value is -1.82. The summed E-state index contributed by atoms with van der Waals surface area (Å²) >= 11 is 3.36. The van der Waals surface area contributed by atoms with Crippen molar-refractivity contribution >= 4 is 33.5 Å². The van der Waals surface area contributed by atoms with Crippen molar-refractivity contribution in [1.29, 1.82) is 0 Å². The first kappa shape index (κ1) is 12.6. The van der Waals surface area contributed by atoms with E-state index in [0.717, 1.165) is 23.2 Å². The maximum Gasteiger partial charge on any atom is 0.223 e. The number of rotatable bonds is 1. The van der Waals surface area contributed by atoms with Gasteiger partial charge in [0.15, 0.2) is 5.96 Å². The van der Waals surface area contributed by atoms with Crippen molar-refractivity contribution in [2.24, 2.45) is 21.5 Å². The van der Waals surface area contributed by atoms with Gasteiger partial charge in [0.25, 0.3) is 0 Å². The number of hydrogen-bond donors (Lipinski definition) is 2. The SMILES string of the molecule is NC(=Nc1ccc(Br)cc1)N=C(N)N1CC=CC1. The average molecular weight is 308 g/mol. The second-order valence-electron chi connectivity index (χ2n) is 3.79. The number of benzene rings is 1. The maximum absolute atomic E-state index is 5.83. The Labute approximate surface area is 114 Å². The van der Waals surface area contributed by atoms with E-state index in [1.54, 1.807) is 0 Å². The minimum Gasteiger partial charge on any atom is -0.369 e. The molecule has 4 N–H and O–H groups in total. The average Bonchev–Trinajstić information content (AvgIpc) is 2.85. The summed E-state index contributed by atoms with van der Waals surface area (Å²) in [6.45, 7) is 1.53. The molecule has 0 saturated heterocycles. The predicted octanol–water partition coefficient (Wildman–Crippen LogP) is 1.58. The van der Waals surface area contributed by atoms with Crippen molar-refractivity contribution in [3.8, 4) is 0 Å². The molecule has 1 aromatic rings. The van der Waals surface area contributed by atoms with Gasteiger partial charge in [-0.15, -0.1) is 0 Å². The summed E-state index contributed by atoms with van der Waals surface area (Å²) in [5.74, 6) is 0.542. The summed E-state index contributed by atoms with van der Waals surface area (Å²) in [5.41, 5.74) is 12.3. The van der Waals surface area contributed by atoms with Crippen LogP contribution in [0.1, 0.15) is 0 Å². The van der Waals surface area contributed by atoms with Gasteiger partial charge in [0, 0.05) is 17.6 Å². The third-order valence-electron chi connectivity index (χ3n) is 2.44. The molecule has 1 heterocycles. The molecule has 18 heavy (non-hydrogen) atoms. The molecule has 0 fully saturated rings. The van der Waals surface area contributed by atoms with Gasteiger partial charge >= 0.3 is 0 Å². The molecule has 0 spiro atoms. The third-order valence-corrected chi connectivity index (χ3v) is 2.97. The maximum atomic E-state index is 5.83. The molecule has 0 radical (unpaired) electrons. The van der Waals surface area contributed by atoms with Crippen molar-refractivity contribution in [3.63, 3.8) is 0 Å². The first-order valence-corrected chi connectivity index (χ1v) is 6.28. The Kier molecular flexibility index (Phi) is 3.99. The van der Waals surface area contributed by atoms with Crippen LogP contribution in [0.25, 0.3) is 0 Å². The highest BCUT2D eigenvalue weighted by atomic mass is 79.9. The lowest BCUT2D eigenvalue weighted by Crippen LogP contribution is -2.36. The van der Waals surface area contributed by atoms with Crippen LogP contribution in [0.4, 0.5) is 5.69 Å². The molecule has 0 aromatic heterocycles. The molecule has 5 nitrogen and oxygen atoms in total. The quantitative estimate of drug-likeness (QED) is 0.469. The molecule has 1 aromatic carbocycles. The van der Waals surface area contributed by atoms with E-state index in [4.69, 9.17) is 11.5 Å². The fraction of sp³-hybridized carbons (Fsp3) is 0.167. The normalized spacial score (nSPS) is 16.4. The summed E-state index contributed by atoms with van der Waals surface area (Å²) in [4.78, 5) is 10.2. The molecule has 0 bridgehead atoms. The molecular formula is C12H14BrN5. The summed E-state index contributed by atoms with van der Waals surface area (Å²) in [6, 6.07) is 7.48. The molecule has 0 amide bonds. The highest BCUT2D eigenvalue weighted by Crippen LogP contribution is 2.16. The molecular weight excluding hydrogens is 294 g/mol. The Morgan fingerprint density at radius 2 is 1.72 bits per heavy atom. The highest BCUT2D eigenvalue weighted by Gasteiger charge is 2.08. The number of aliphatic imine (C=N–C) groups is 2. The summed E-state index contributed by atoms with van der Waals surface area (Å²) < 4.78 is 0.992. The van der Waals surface area contributed by atoms with Gasteiger partial charge in [-0.25, -0.2) is 4.99 Å². The predicted molar refractivity (Wildman–Crippen MR) is 77.8 cm³/mol.